The first kappa shape index (κ1) is 16.9. The molecule has 0 amide bonds. The van der Waals surface area contributed by atoms with Crippen molar-refractivity contribution < 1.29 is 22.6 Å². The highest BCUT2D eigenvalue weighted by Crippen LogP contribution is 2.22. The first-order chi connectivity index (χ1) is 11.9. The van der Waals surface area contributed by atoms with Crippen LogP contribution >= 0.6 is 0 Å². The van der Waals surface area contributed by atoms with Gasteiger partial charge in [0.25, 0.3) is 10.0 Å². The normalized spacial score (nSPS) is 11.6. The fraction of sp³-hybridized carbons (Fsp3) is 0.188. The van der Waals surface area contributed by atoms with Gasteiger partial charge in [-0.05, 0) is 60.6 Å². The van der Waals surface area contributed by atoms with E-state index in [0.717, 1.165) is 0 Å². The van der Waals surface area contributed by atoms with Gasteiger partial charge in [0.1, 0.15) is 10.4 Å². The van der Waals surface area contributed by atoms with E-state index in [-0.39, 0.29) is 16.5 Å². The molecule has 9 heteroatoms. The number of sulfonamides is 1. The Morgan fingerprint density at radius 1 is 1.12 bits per heavy atom. The lowest BCUT2D eigenvalue weighted by atomic mass is 10.2. The molecule has 0 spiro atoms. The quantitative estimate of drug-likeness (QED) is 0.695. The van der Waals surface area contributed by atoms with Crippen LogP contribution in [-0.2, 0) is 14.8 Å². The van der Waals surface area contributed by atoms with E-state index >= 15 is 0 Å². The standard InChI is InChI=1S/C16H15N3O5S/c1-10(2)23-16(20)11-6-8-12(9-7-11)19-25(21,22)14-5-3-4-13-15(14)18-24-17-13/h3-10,19H,1-2H3. The van der Waals surface area contributed by atoms with Crippen molar-refractivity contribution in [2.75, 3.05) is 4.72 Å². The summed E-state index contributed by atoms with van der Waals surface area (Å²) in [5.41, 5.74) is 1.12. The molecule has 130 valence electrons. The summed E-state index contributed by atoms with van der Waals surface area (Å²) in [6, 6.07) is 10.5. The van der Waals surface area contributed by atoms with Crippen LogP contribution in [-0.4, -0.2) is 30.8 Å². The number of carbonyl (C=O) groups is 1. The first-order valence-corrected chi connectivity index (χ1v) is 8.90. The Balaban J connectivity index is 1.84. The van der Waals surface area contributed by atoms with Gasteiger partial charge in [0.15, 0.2) is 5.52 Å². The van der Waals surface area contributed by atoms with Crippen molar-refractivity contribution in [2.45, 2.75) is 24.8 Å². The fourth-order valence-electron chi connectivity index (χ4n) is 2.16. The average molecular weight is 361 g/mol. The summed E-state index contributed by atoms with van der Waals surface area (Å²) < 4.78 is 37.2. The lowest BCUT2D eigenvalue weighted by molar-refractivity contribution is 0.0378. The Morgan fingerprint density at radius 2 is 1.84 bits per heavy atom. The molecule has 3 aromatic rings. The number of hydrogen-bond donors (Lipinski definition) is 1. The number of fused-ring (bicyclic) bond motifs is 1. The lowest BCUT2D eigenvalue weighted by Crippen LogP contribution is -2.14. The average Bonchev–Trinajstić information content (AvgIpc) is 3.02. The lowest BCUT2D eigenvalue weighted by Gasteiger charge is -2.10. The highest BCUT2D eigenvalue weighted by molar-refractivity contribution is 7.93. The molecule has 1 N–H and O–H groups in total. The number of hydrogen-bond acceptors (Lipinski definition) is 7. The zero-order valence-corrected chi connectivity index (χ0v) is 14.3. The van der Waals surface area contributed by atoms with Crippen LogP contribution in [0.4, 0.5) is 5.69 Å². The first-order valence-electron chi connectivity index (χ1n) is 7.42. The van der Waals surface area contributed by atoms with Crippen LogP contribution in [0.2, 0.25) is 0 Å². The van der Waals surface area contributed by atoms with Crippen molar-refractivity contribution in [1.82, 2.24) is 10.3 Å². The maximum atomic E-state index is 12.6. The van der Waals surface area contributed by atoms with Gasteiger partial charge in [-0.1, -0.05) is 6.07 Å². The summed E-state index contributed by atoms with van der Waals surface area (Å²) >= 11 is 0. The molecule has 3 rings (SSSR count). The molecule has 1 aromatic heterocycles. The van der Waals surface area contributed by atoms with Crippen LogP contribution in [0, 0.1) is 0 Å². The molecule has 25 heavy (non-hydrogen) atoms. The minimum absolute atomic E-state index is 0.0467. The predicted octanol–water partition coefficient (Wildman–Crippen LogP) is 2.59. The van der Waals surface area contributed by atoms with Gasteiger partial charge in [-0.3, -0.25) is 4.72 Å². The third-order valence-corrected chi connectivity index (χ3v) is 4.67. The number of nitrogens with one attached hydrogen (secondary N) is 1. The molecule has 0 fully saturated rings. The summed E-state index contributed by atoms with van der Waals surface area (Å²) in [5, 5.41) is 7.25. The van der Waals surface area contributed by atoms with Crippen molar-refractivity contribution in [1.29, 1.82) is 0 Å². The van der Waals surface area contributed by atoms with Crippen molar-refractivity contribution >= 4 is 32.7 Å². The third-order valence-electron chi connectivity index (χ3n) is 3.25. The van der Waals surface area contributed by atoms with Crippen molar-refractivity contribution in [3.05, 3.63) is 48.0 Å². The van der Waals surface area contributed by atoms with E-state index in [2.05, 4.69) is 19.7 Å². The van der Waals surface area contributed by atoms with Gasteiger partial charge in [0, 0.05) is 5.69 Å². The summed E-state index contributed by atoms with van der Waals surface area (Å²) in [6.07, 6.45) is -0.234. The van der Waals surface area contributed by atoms with Crippen molar-refractivity contribution in [3.8, 4) is 0 Å². The van der Waals surface area contributed by atoms with E-state index < -0.39 is 16.0 Å². The number of benzene rings is 2. The smallest absolute Gasteiger partial charge is 0.338 e. The van der Waals surface area contributed by atoms with E-state index in [1.807, 2.05) is 0 Å². The minimum atomic E-state index is -3.89. The Morgan fingerprint density at radius 3 is 2.52 bits per heavy atom. The maximum absolute atomic E-state index is 12.6. The highest BCUT2D eigenvalue weighted by Gasteiger charge is 2.20. The number of ether oxygens (including phenoxy) is 1. The molecule has 0 aliphatic heterocycles. The predicted molar refractivity (Wildman–Crippen MR) is 89.6 cm³/mol. The van der Waals surface area contributed by atoms with Gasteiger partial charge in [-0.2, -0.15) is 0 Å². The monoisotopic (exact) mass is 361 g/mol. The zero-order valence-electron chi connectivity index (χ0n) is 13.5. The molecule has 0 aliphatic rings. The molecular formula is C16H15N3O5S. The van der Waals surface area contributed by atoms with Gasteiger partial charge >= 0.3 is 5.97 Å². The molecule has 2 aromatic carbocycles. The molecule has 0 bridgehead atoms. The molecular weight excluding hydrogens is 346 g/mol. The van der Waals surface area contributed by atoms with Gasteiger partial charge in [-0.25, -0.2) is 17.8 Å². The van der Waals surface area contributed by atoms with E-state index in [9.17, 15) is 13.2 Å². The van der Waals surface area contributed by atoms with Crippen LogP contribution in [0.3, 0.4) is 0 Å². The molecule has 1 heterocycles. The Kier molecular flexibility index (Phi) is 4.41. The van der Waals surface area contributed by atoms with Crippen LogP contribution in [0.1, 0.15) is 24.2 Å². The second kappa shape index (κ2) is 6.52. The largest absolute Gasteiger partial charge is 0.459 e. The van der Waals surface area contributed by atoms with Gasteiger partial charge in [0.05, 0.1) is 11.7 Å². The van der Waals surface area contributed by atoms with E-state index in [0.29, 0.717) is 16.8 Å². The Labute approximate surface area is 143 Å². The van der Waals surface area contributed by atoms with E-state index in [1.165, 1.54) is 30.3 Å². The highest BCUT2D eigenvalue weighted by atomic mass is 32.2. The van der Waals surface area contributed by atoms with E-state index in [1.54, 1.807) is 26.0 Å². The number of anilines is 1. The summed E-state index contributed by atoms with van der Waals surface area (Å²) in [6.45, 7) is 3.50. The van der Waals surface area contributed by atoms with Crippen molar-refractivity contribution in [3.63, 3.8) is 0 Å². The van der Waals surface area contributed by atoms with Crippen LogP contribution in [0.25, 0.3) is 11.0 Å². The molecule has 0 saturated heterocycles. The number of nitrogens with zero attached hydrogens (tertiary/aromatic N) is 2. The van der Waals surface area contributed by atoms with E-state index in [4.69, 9.17) is 4.74 Å². The van der Waals surface area contributed by atoms with Gasteiger partial charge in [0.2, 0.25) is 0 Å². The fourth-order valence-corrected chi connectivity index (χ4v) is 3.38. The third kappa shape index (κ3) is 3.61. The molecule has 0 atom stereocenters. The van der Waals surface area contributed by atoms with Gasteiger partial charge < -0.3 is 4.74 Å². The van der Waals surface area contributed by atoms with Crippen molar-refractivity contribution in [2.24, 2.45) is 0 Å². The number of carbonyl (C=O) groups excluding carboxylic acids is 1. The maximum Gasteiger partial charge on any atom is 0.338 e. The minimum Gasteiger partial charge on any atom is -0.459 e. The molecule has 0 aliphatic carbocycles. The van der Waals surface area contributed by atoms with Crippen LogP contribution in [0.5, 0.6) is 0 Å². The molecule has 0 unspecified atom stereocenters. The topological polar surface area (TPSA) is 111 Å². The zero-order chi connectivity index (χ0) is 18.0. The second-order valence-electron chi connectivity index (χ2n) is 5.53. The number of aromatic nitrogens is 2. The Bertz CT molecular complexity index is 1010. The second-order valence-corrected chi connectivity index (χ2v) is 7.18. The van der Waals surface area contributed by atoms with Crippen LogP contribution in [0.15, 0.2) is 52.0 Å². The number of esters is 1. The summed E-state index contributed by atoms with van der Waals surface area (Å²) in [5.74, 6) is -0.470. The summed E-state index contributed by atoms with van der Waals surface area (Å²) in [7, 11) is -3.89. The molecule has 8 nitrogen and oxygen atoms in total. The summed E-state index contributed by atoms with van der Waals surface area (Å²) in [4.78, 5) is 11.8. The SMILES string of the molecule is CC(C)OC(=O)c1ccc(NS(=O)(=O)c2cccc3nonc23)cc1. The molecule has 0 saturated carbocycles. The van der Waals surface area contributed by atoms with Crippen LogP contribution < -0.4 is 4.72 Å². The molecule has 0 radical (unpaired) electrons. The Hall–Kier alpha value is -2.94. The van der Waals surface area contributed by atoms with Gasteiger partial charge in [-0.15, -0.1) is 0 Å². The number of rotatable bonds is 5.